The second kappa shape index (κ2) is 6.86. The number of carbonyl (C=O) groups is 1. The smallest absolute Gasteiger partial charge is 0.221 e. The lowest BCUT2D eigenvalue weighted by atomic mass is 9.80. The lowest BCUT2D eigenvalue weighted by Crippen LogP contribution is -2.46. The number of hydrogen-bond donors (Lipinski definition) is 3. The SMILES string of the molecule is NC1(CC(=O)NCCCCO)CCCCC1. The number of nitrogens with two attached hydrogens (primary N) is 1. The maximum absolute atomic E-state index is 11.6. The number of hydrogen-bond acceptors (Lipinski definition) is 3. The second-order valence-corrected chi connectivity index (χ2v) is 4.88. The van der Waals surface area contributed by atoms with Crippen LogP contribution in [0.4, 0.5) is 0 Å². The average molecular weight is 228 g/mol. The molecule has 94 valence electrons. The van der Waals surface area contributed by atoms with Gasteiger partial charge in [0.2, 0.25) is 5.91 Å². The van der Waals surface area contributed by atoms with Crippen LogP contribution in [0.5, 0.6) is 0 Å². The molecule has 1 aliphatic rings. The molecular weight excluding hydrogens is 204 g/mol. The fourth-order valence-corrected chi connectivity index (χ4v) is 2.28. The maximum atomic E-state index is 11.6. The quantitative estimate of drug-likeness (QED) is 0.592. The molecule has 0 radical (unpaired) electrons. The van der Waals surface area contributed by atoms with Gasteiger partial charge in [-0.2, -0.15) is 0 Å². The van der Waals surface area contributed by atoms with Crippen molar-refractivity contribution in [1.29, 1.82) is 0 Å². The van der Waals surface area contributed by atoms with Crippen LogP contribution in [0.15, 0.2) is 0 Å². The minimum Gasteiger partial charge on any atom is -0.396 e. The molecule has 0 spiro atoms. The van der Waals surface area contributed by atoms with E-state index >= 15 is 0 Å². The summed E-state index contributed by atoms with van der Waals surface area (Å²) in [7, 11) is 0. The van der Waals surface area contributed by atoms with E-state index in [0.717, 1.165) is 38.5 Å². The van der Waals surface area contributed by atoms with E-state index in [-0.39, 0.29) is 18.1 Å². The van der Waals surface area contributed by atoms with E-state index < -0.39 is 0 Å². The van der Waals surface area contributed by atoms with Crippen LogP contribution in [0.3, 0.4) is 0 Å². The van der Waals surface area contributed by atoms with Gasteiger partial charge in [-0.3, -0.25) is 4.79 Å². The maximum Gasteiger partial charge on any atom is 0.221 e. The molecule has 0 bridgehead atoms. The van der Waals surface area contributed by atoms with Gasteiger partial charge < -0.3 is 16.2 Å². The van der Waals surface area contributed by atoms with Gasteiger partial charge in [0.05, 0.1) is 0 Å². The Morgan fingerprint density at radius 1 is 1.25 bits per heavy atom. The van der Waals surface area contributed by atoms with Crippen LogP contribution in [0.2, 0.25) is 0 Å². The fourth-order valence-electron chi connectivity index (χ4n) is 2.28. The molecule has 4 nitrogen and oxygen atoms in total. The Balaban J connectivity index is 2.17. The van der Waals surface area contributed by atoms with Crippen LogP contribution in [-0.2, 0) is 4.79 Å². The molecule has 4 heteroatoms. The Kier molecular flexibility index (Phi) is 5.77. The molecule has 0 aromatic carbocycles. The van der Waals surface area contributed by atoms with Gasteiger partial charge in [-0.1, -0.05) is 19.3 Å². The average Bonchev–Trinajstić information content (AvgIpc) is 2.25. The van der Waals surface area contributed by atoms with Gasteiger partial charge in [0.15, 0.2) is 0 Å². The summed E-state index contributed by atoms with van der Waals surface area (Å²) in [6.07, 6.45) is 7.51. The van der Waals surface area contributed by atoms with Crippen LogP contribution in [0.25, 0.3) is 0 Å². The van der Waals surface area contributed by atoms with Crippen molar-refractivity contribution in [2.24, 2.45) is 5.73 Å². The lowest BCUT2D eigenvalue weighted by Gasteiger charge is -2.32. The highest BCUT2D eigenvalue weighted by atomic mass is 16.2. The fraction of sp³-hybridized carbons (Fsp3) is 0.917. The molecule has 16 heavy (non-hydrogen) atoms. The molecule has 0 saturated heterocycles. The number of rotatable bonds is 6. The summed E-state index contributed by atoms with van der Waals surface area (Å²) in [4.78, 5) is 11.6. The van der Waals surface area contributed by atoms with E-state index in [2.05, 4.69) is 5.32 Å². The zero-order valence-corrected chi connectivity index (χ0v) is 10.0. The third kappa shape index (κ3) is 4.94. The van der Waals surface area contributed by atoms with E-state index in [9.17, 15) is 4.79 Å². The number of unbranched alkanes of at least 4 members (excludes halogenated alkanes) is 1. The standard InChI is InChI=1S/C12H24N2O2/c13-12(6-2-1-3-7-12)10-11(16)14-8-4-5-9-15/h15H,1-10,13H2,(H,14,16). The molecule has 0 atom stereocenters. The summed E-state index contributed by atoms with van der Waals surface area (Å²) in [6.45, 7) is 0.839. The Bertz CT molecular complexity index is 213. The van der Waals surface area contributed by atoms with Crippen molar-refractivity contribution >= 4 is 5.91 Å². The molecule has 0 heterocycles. The van der Waals surface area contributed by atoms with Gasteiger partial charge in [-0.15, -0.1) is 0 Å². The molecule has 0 aromatic rings. The van der Waals surface area contributed by atoms with E-state index in [4.69, 9.17) is 10.8 Å². The summed E-state index contributed by atoms with van der Waals surface area (Å²) in [5.41, 5.74) is 5.92. The number of nitrogens with one attached hydrogen (secondary N) is 1. The summed E-state index contributed by atoms with van der Waals surface area (Å²) >= 11 is 0. The summed E-state index contributed by atoms with van der Waals surface area (Å²) < 4.78 is 0. The zero-order valence-electron chi connectivity index (χ0n) is 10.0. The Morgan fingerprint density at radius 2 is 1.94 bits per heavy atom. The first kappa shape index (κ1) is 13.5. The van der Waals surface area contributed by atoms with Crippen LogP contribution in [-0.4, -0.2) is 29.7 Å². The normalized spacial score (nSPS) is 19.4. The van der Waals surface area contributed by atoms with Crippen molar-refractivity contribution in [2.45, 2.75) is 56.9 Å². The molecule has 1 amide bonds. The van der Waals surface area contributed by atoms with Gasteiger partial charge in [0.1, 0.15) is 0 Å². The van der Waals surface area contributed by atoms with E-state index in [1.54, 1.807) is 0 Å². The number of aliphatic hydroxyl groups is 1. The molecule has 1 fully saturated rings. The monoisotopic (exact) mass is 228 g/mol. The third-order valence-electron chi connectivity index (χ3n) is 3.27. The van der Waals surface area contributed by atoms with Crippen molar-refractivity contribution in [3.63, 3.8) is 0 Å². The first-order chi connectivity index (χ1) is 7.66. The minimum absolute atomic E-state index is 0.0577. The van der Waals surface area contributed by atoms with Crippen molar-refractivity contribution in [2.75, 3.05) is 13.2 Å². The summed E-state index contributed by atoms with van der Waals surface area (Å²) in [5.74, 6) is 0.0577. The van der Waals surface area contributed by atoms with Gasteiger partial charge >= 0.3 is 0 Å². The van der Waals surface area contributed by atoms with Crippen molar-refractivity contribution < 1.29 is 9.90 Å². The summed E-state index contributed by atoms with van der Waals surface area (Å²) in [6, 6.07) is 0. The Morgan fingerprint density at radius 3 is 2.56 bits per heavy atom. The predicted molar refractivity (Wildman–Crippen MR) is 63.9 cm³/mol. The Hall–Kier alpha value is -0.610. The molecule has 1 aliphatic carbocycles. The highest BCUT2D eigenvalue weighted by molar-refractivity contribution is 5.77. The minimum atomic E-state index is -0.265. The highest BCUT2D eigenvalue weighted by Crippen LogP contribution is 2.28. The number of amides is 1. The molecule has 4 N–H and O–H groups in total. The van der Waals surface area contributed by atoms with Crippen molar-refractivity contribution in [1.82, 2.24) is 5.32 Å². The van der Waals surface area contributed by atoms with E-state index in [1.807, 2.05) is 0 Å². The van der Waals surface area contributed by atoms with Crippen LogP contribution >= 0.6 is 0 Å². The summed E-state index contributed by atoms with van der Waals surface area (Å²) in [5, 5.41) is 11.5. The molecule has 0 aromatic heterocycles. The Labute approximate surface area is 97.6 Å². The second-order valence-electron chi connectivity index (χ2n) is 4.88. The van der Waals surface area contributed by atoms with Crippen LogP contribution < -0.4 is 11.1 Å². The molecule has 1 saturated carbocycles. The van der Waals surface area contributed by atoms with Crippen molar-refractivity contribution in [3.05, 3.63) is 0 Å². The highest BCUT2D eigenvalue weighted by Gasteiger charge is 2.29. The lowest BCUT2D eigenvalue weighted by molar-refractivity contribution is -0.122. The third-order valence-corrected chi connectivity index (χ3v) is 3.27. The predicted octanol–water partition coefficient (Wildman–Crippen LogP) is 0.927. The van der Waals surface area contributed by atoms with Gasteiger partial charge in [0, 0.05) is 25.1 Å². The van der Waals surface area contributed by atoms with E-state index in [0.29, 0.717) is 13.0 Å². The molecule has 0 unspecified atom stereocenters. The molecule has 0 aliphatic heterocycles. The first-order valence-electron chi connectivity index (χ1n) is 6.33. The first-order valence-corrected chi connectivity index (χ1v) is 6.33. The topological polar surface area (TPSA) is 75.4 Å². The van der Waals surface area contributed by atoms with Gasteiger partial charge in [-0.25, -0.2) is 0 Å². The van der Waals surface area contributed by atoms with E-state index in [1.165, 1.54) is 6.42 Å². The molecular formula is C12H24N2O2. The number of carbonyl (C=O) groups excluding carboxylic acids is 1. The van der Waals surface area contributed by atoms with Crippen LogP contribution in [0, 0.1) is 0 Å². The zero-order chi connectivity index (χ0) is 11.9. The van der Waals surface area contributed by atoms with Gasteiger partial charge in [-0.05, 0) is 25.7 Å². The van der Waals surface area contributed by atoms with Crippen molar-refractivity contribution in [3.8, 4) is 0 Å². The largest absolute Gasteiger partial charge is 0.396 e. The van der Waals surface area contributed by atoms with Gasteiger partial charge in [0.25, 0.3) is 0 Å². The number of aliphatic hydroxyl groups excluding tert-OH is 1. The molecule has 1 rings (SSSR count). The van der Waals surface area contributed by atoms with Crippen LogP contribution in [0.1, 0.15) is 51.4 Å².